The Labute approximate surface area is 129 Å². The largest absolute Gasteiger partial charge is 0.363 e. The van der Waals surface area contributed by atoms with Crippen LogP contribution in [0.5, 0.6) is 0 Å². The minimum Gasteiger partial charge on any atom is -0.363 e. The number of aromatic nitrogens is 2. The van der Waals surface area contributed by atoms with Crippen LogP contribution < -0.4 is 5.32 Å². The second-order valence-electron chi connectivity index (χ2n) is 4.63. The average molecular weight is 310 g/mol. The Morgan fingerprint density at radius 3 is 2.65 bits per heavy atom. The van der Waals surface area contributed by atoms with E-state index in [4.69, 9.17) is 23.2 Å². The Kier molecular flexibility index (Phi) is 5.21. The van der Waals surface area contributed by atoms with Gasteiger partial charge in [0, 0.05) is 10.6 Å². The fourth-order valence-electron chi connectivity index (χ4n) is 2.10. The lowest BCUT2D eigenvalue weighted by molar-refractivity contribution is 0.847. The molecule has 1 aromatic carbocycles. The van der Waals surface area contributed by atoms with E-state index >= 15 is 0 Å². The summed E-state index contributed by atoms with van der Waals surface area (Å²) in [7, 11) is 0. The fourth-order valence-corrected chi connectivity index (χ4v) is 2.62. The molecular formula is C15H17Cl2N3. The van der Waals surface area contributed by atoms with Gasteiger partial charge in [-0.3, -0.25) is 0 Å². The van der Waals surface area contributed by atoms with Crippen LogP contribution in [0.2, 0.25) is 10.2 Å². The minimum atomic E-state index is 0.0465. The Bertz CT molecular complexity index is 587. The predicted octanol–water partition coefficient (Wildman–Crippen LogP) is 4.91. The van der Waals surface area contributed by atoms with E-state index in [-0.39, 0.29) is 6.04 Å². The van der Waals surface area contributed by atoms with Crippen LogP contribution in [0.3, 0.4) is 0 Å². The molecule has 0 bridgehead atoms. The van der Waals surface area contributed by atoms with Gasteiger partial charge in [-0.15, -0.1) is 0 Å². The Hall–Kier alpha value is -1.32. The van der Waals surface area contributed by atoms with Crippen molar-refractivity contribution in [1.29, 1.82) is 0 Å². The van der Waals surface area contributed by atoms with E-state index in [1.807, 2.05) is 31.2 Å². The van der Waals surface area contributed by atoms with Crippen LogP contribution in [0, 0.1) is 0 Å². The van der Waals surface area contributed by atoms with Gasteiger partial charge >= 0.3 is 0 Å². The summed E-state index contributed by atoms with van der Waals surface area (Å²) in [6.45, 7) is 4.15. The molecule has 3 nitrogen and oxygen atoms in total. The van der Waals surface area contributed by atoms with Crippen LogP contribution in [-0.4, -0.2) is 9.97 Å². The summed E-state index contributed by atoms with van der Waals surface area (Å²) in [5.41, 5.74) is 1.99. The van der Waals surface area contributed by atoms with Gasteiger partial charge in [0.05, 0.1) is 6.04 Å². The molecule has 0 radical (unpaired) electrons. The van der Waals surface area contributed by atoms with Gasteiger partial charge in [-0.1, -0.05) is 54.7 Å². The number of hydrogen-bond acceptors (Lipinski definition) is 3. The molecule has 2 aromatic rings. The summed E-state index contributed by atoms with van der Waals surface area (Å²) in [5.74, 6) is 0.777. The topological polar surface area (TPSA) is 37.8 Å². The molecule has 5 heteroatoms. The molecule has 1 atom stereocenters. The van der Waals surface area contributed by atoms with Gasteiger partial charge in [-0.25, -0.2) is 9.97 Å². The molecule has 106 valence electrons. The first-order valence-corrected chi connectivity index (χ1v) is 7.39. The van der Waals surface area contributed by atoms with Crippen molar-refractivity contribution in [1.82, 2.24) is 9.97 Å². The third-order valence-corrected chi connectivity index (χ3v) is 3.79. The number of nitrogens with zero attached hydrogens (tertiary/aromatic N) is 2. The van der Waals surface area contributed by atoms with Crippen LogP contribution in [0.25, 0.3) is 0 Å². The lowest BCUT2D eigenvalue weighted by atomic mass is 10.1. The molecule has 0 saturated carbocycles. The van der Waals surface area contributed by atoms with Gasteiger partial charge < -0.3 is 5.32 Å². The summed E-state index contributed by atoms with van der Waals surface area (Å²) in [6, 6.07) is 7.82. The van der Waals surface area contributed by atoms with E-state index < -0.39 is 0 Å². The molecule has 1 aromatic heterocycles. The van der Waals surface area contributed by atoms with E-state index in [1.165, 1.54) is 6.33 Å². The number of halogens is 2. The molecule has 0 spiro atoms. The molecule has 0 saturated heterocycles. The number of hydrogen-bond donors (Lipinski definition) is 1. The second kappa shape index (κ2) is 6.91. The first-order valence-electron chi connectivity index (χ1n) is 6.63. The third kappa shape index (κ3) is 3.41. The van der Waals surface area contributed by atoms with Gasteiger partial charge in [-0.2, -0.15) is 0 Å². The Morgan fingerprint density at radius 1 is 1.20 bits per heavy atom. The fraction of sp³-hybridized carbons (Fsp3) is 0.333. The van der Waals surface area contributed by atoms with Crippen molar-refractivity contribution in [3.05, 3.63) is 51.9 Å². The lowest BCUT2D eigenvalue weighted by Gasteiger charge is -2.18. The van der Waals surface area contributed by atoms with Crippen molar-refractivity contribution in [3.8, 4) is 0 Å². The molecule has 1 unspecified atom stereocenters. The zero-order chi connectivity index (χ0) is 14.5. The molecule has 0 aliphatic heterocycles. The zero-order valence-corrected chi connectivity index (χ0v) is 13.0. The highest BCUT2D eigenvalue weighted by molar-refractivity contribution is 6.31. The SMILES string of the molecule is CCCc1c(Cl)ncnc1NC(C)c1ccccc1Cl. The third-order valence-electron chi connectivity index (χ3n) is 3.12. The molecule has 2 rings (SSSR count). The summed E-state index contributed by atoms with van der Waals surface area (Å²) in [4.78, 5) is 8.35. The van der Waals surface area contributed by atoms with E-state index in [0.29, 0.717) is 5.15 Å². The van der Waals surface area contributed by atoms with Crippen molar-refractivity contribution in [2.75, 3.05) is 5.32 Å². The van der Waals surface area contributed by atoms with E-state index in [9.17, 15) is 0 Å². The van der Waals surface area contributed by atoms with E-state index in [0.717, 1.165) is 34.8 Å². The highest BCUT2D eigenvalue weighted by atomic mass is 35.5. The summed E-state index contributed by atoms with van der Waals surface area (Å²) >= 11 is 12.4. The highest BCUT2D eigenvalue weighted by Gasteiger charge is 2.14. The number of benzene rings is 1. The molecule has 0 amide bonds. The van der Waals surface area contributed by atoms with Crippen molar-refractivity contribution in [2.45, 2.75) is 32.7 Å². The lowest BCUT2D eigenvalue weighted by Crippen LogP contribution is -2.11. The maximum Gasteiger partial charge on any atom is 0.137 e. The van der Waals surface area contributed by atoms with Crippen molar-refractivity contribution >= 4 is 29.0 Å². The van der Waals surface area contributed by atoms with E-state index in [1.54, 1.807) is 0 Å². The van der Waals surface area contributed by atoms with Crippen molar-refractivity contribution in [3.63, 3.8) is 0 Å². The molecule has 0 aliphatic carbocycles. The standard InChI is InChI=1S/C15H17Cl2N3/c1-3-6-12-14(17)18-9-19-15(12)20-10(2)11-7-4-5-8-13(11)16/h4-5,7-10H,3,6H2,1-2H3,(H,18,19,20). The molecule has 0 aliphatic rings. The van der Waals surface area contributed by atoms with Gasteiger partial charge in [0.1, 0.15) is 17.3 Å². The minimum absolute atomic E-state index is 0.0465. The number of anilines is 1. The summed E-state index contributed by atoms with van der Waals surface area (Å²) in [5, 5.41) is 4.62. The first-order chi connectivity index (χ1) is 9.63. The number of nitrogens with one attached hydrogen (secondary N) is 1. The molecule has 1 heterocycles. The predicted molar refractivity (Wildman–Crippen MR) is 84.5 cm³/mol. The summed E-state index contributed by atoms with van der Waals surface area (Å²) in [6.07, 6.45) is 3.31. The van der Waals surface area contributed by atoms with Gasteiger partial charge in [0.25, 0.3) is 0 Å². The van der Waals surface area contributed by atoms with Crippen LogP contribution in [-0.2, 0) is 6.42 Å². The zero-order valence-electron chi connectivity index (χ0n) is 11.5. The van der Waals surface area contributed by atoms with Gasteiger partial charge in [0.2, 0.25) is 0 Å². The monoisotopic (exact) mass is 309 g/mol. The second-order valence-corrected chi connectivity index (χ2v) is 5.39. The Morgan fingerprint density at radius 2 is 1.95 bits per heavy atom. The summed E-state index contributed by atoms with van der Waals surface area (Å²) < 4.78 is 0. The quantitative estimate of drug-likeness (QED) is 0.797. The van der Waals surface area contributed by atoms with Crippen LogP contribution in [0.15, 0.2) is 30.6 Å². The van der Waals surface area contributed by atoms with Crippen LogP contribution in [0.4, 0.5) is 5.82 Å². The van der Waals surface area contributed by atoms with E-state index in [2.05, 4.69) is 22.2 Å². The maximum absolute atomic E-state index is 6.22. The molecule has 1 N–H and O–H groups in total. The molecule has 20 heavy (non-hydrogen) atoms. The van der Waals surface area contributed by atoms with Gasteiger partial charge in [-0.05, 0) is 25.0 Å². The molecular weight excluding hydrogens is 293 g/mol. The number of rotatable bonds is 5. The van der Waals surface area contributed by atoms with Crippen LogP contribution >= 0.6 is 23.2 Å². The smallest absolute Gasteiger partial charge is 0.137 e. The molecule has 0 fully saturated rings. The average Bonchev–Trinajstić information content (AvgIpc) is 2.43. The van der Waals surface area contributed by atoms with Crippen molar-refractivity contribution < 1.29 is 0 Å². The highest BCUT2D eigenvalue weighted by Crippen LogP contribution is 2.28. The Balaban J connectivity index is 2.26. The van der Waals surface area contributed by atoms with Gasteiger partial charge in [0.15, 0.2) is 0 Å². The normalized spacial score (nSPS) is 12.2. The van der Waals surface area contributed by atoms with Crippen LogP contribution in [0.1, 0.15) is 37.4 Å². The first kappa shape index (κ1) is 15.1. The van der Waals surface area contributed by atoms with Crippen molar-refractivity contribution in [2.24, 2.45) is 0 Å². The maximum atomic E-state index is 6.22.